The molecule has 9 nitrogen and oxygen atoms in total. The molecule has 4 heterocycles. The van der Waals surface area contributed by atoms with Crippen LogP contribution in [0.3, 0.4) is 0 Å². The number of hydrogen-bond donors (Lipinski definition) is 1. The third-order valence-corrected chi connectivity index (χ3v) is 7.28. The first kappa shape index (κ1) is 23.7. The van der Waals surface area contributed by atoms with Crippen LogP contribution in [0.4, 0.5) is 20.3 Å². The normalized spacial score (nSPS) is 18.2. The van der Waals surface area contributed by atoms with Crippen molar-refractivity contribution in [2.75, 3.05) is 37.4 Å². The van der Waals surface area contributed by atoms with Crippen LogP contribution in [-0.2, 0) is 0 Å². The Bertz CT molecular complexity index is 1180. The molecule has 2 aliphatic rings. The summed E-state index contributed by atoms with van der Waals surface area (Å²) < 4.78 is 30.6. The van der Waals surface area contributed by atoms with Crippen LogP contribution in [0.2, 0.25) is 0 Å². The van der Waals surface area contributed by atoms with E-state index in [9.17, 15) is 13.6 Å². The van der Waals surface area contributed by atoms with E-state index in [0.29, 0.717) is 11.7 Å². The van der Waals surface area contributed by atoms with Gasteiger partial charge in [-0.1, -0.05) is 19.3 Å². The highest BCUT2D eigenvalue weighted by Crippen LogP contribution is 2.32. The molecule has 1 N–H and O–H groups in total. The lowest BCUT2D eigenvalue weighted by molar-refractivity contribution is 0.102. The van der Waals surface area contributed by atoms with Crippen LogP contribution in [0.1, 0.15) is 73.5 Å². The Kier molecular flexibility index (Phi) is 6.68. The summed E-state index contributed by atoms with van der Waals surface area (Å²) in [6.45, 7) is 1.75. The summed E-state index contributed by atoms with van der Waals surface area (Å²) in [5, 5.41) is 11.0. The summed E-state index contributed by atoms with van der Waals surface area (Å²) in [4.78, 5) is 22.3. The van der Waals surface area contributed by atoms with Gasteiger partial charge >= 0.3 is 0 Å². The van der Waals surface area contributed by atoms with Gasteiger partial charge in [0.15, 0.2) is 11.3 Å². The Morgan fingerprint density at radius 2 is 1.89 bits per heavy atom. The van der Waals surface area contributed by atoms with Crippen molar-refractivity contribution in [3.8, 4) is 0 Å². The fourth-order valence-corrected chi connectivity index (χ4v) is 5.19. The Morgan fingerprint density at radius 3 is 2.57 bits per heavy atom. The molecule has 5 rings (SSSR count). The average molecular weight is 487 g/mol. The summed E-state index contributed by atoms with van der Waals surface area (Å²) in [6, 6.07) is 2.52. The van der Waals surface area contributed by atoms with Crippen LogP contribution in [0.5, 0.6) is 0 Å². The summed E-state index contributed by atoms with van der Waals surface area (Å²) in [5.41, 5.74) is 0.267. The molecule has 0 bridgehead atoms. The summed E-state index contributed by atoms with van der Waals surface area (Å²) in [7, 11) is 4.19. The van der Waals surface area contributed by atoms with Crippen LogP contribution in [-0.4, -0.2) is 68.4 Å². The van der Waals surface area contributed by atoms with E-state index >= 15 is 0 Å². The van der Waals surface area contributed by atoms with Crippen molar-refractivity contribution < 1.29 is 13.6 Å². The van der Waals surface area contributed by atoms with E-state index in [1.165, 1.54) is 16.9 Å². The number of nitrogens with one attached hydrogen (secondary N) is 1. The molecular formula is C24H32F2N8O. The first-order chi connectivity index (χ1) is 16.9. The maximum Gasteiger partial charge on any atom is 0.284 e. The maximum atomic E-state index is 13.7. The Labute approximate surface area is 203 Å². The second-order valence-corrected chi connectivity index (χ2v) is 9.75. The number of piperidine rings is 1. The van der Waals surface area contributed by atoms with Crippen LogP contribution < -0.4 is 10.2 Å². The fourth-order valence-electron chi connectivity index (χ4n) is 5.19. The number of anilines is 2. The van der Waals surface area contributed by atoms with E-state index in [0.717, 1.165) is 63.9 Å². The molecule has 0 spiro atoms. The largest absolute Gasteiger partial charge is 0.356 e. The van der Waals surface area contributed by atoms with Gasteiger partial charge in [0, 0.05) is 31.5 Å². The zero-order chi connectivity index (χ0) is 24.5. The van der Waals surface area contributed by atoms with Crippen molar-refractivity contribution >= 4 is 23.1 Å². The maximum absolute atomic E-state index is 13.7. The average Bonchev–Trinajstić information content (AvgIpc) is 3.49. The zero-order valence-electron chi connectivity index (χ0n) is 20.2. The van der Waals surface area contributed by atoms with Crippen LogP contribution in [0.15, 0.2) is 24.7 Å². The summed E-state index contributed by atoms with van der Waals surface area (Å²) >= 11 is 0. The lowest BCUT2D eigenvalue weighted by atomic mass is 9.96. The highest BCUT2D eigenvalue weighted by atomic mass is 19.3. The predicted molar refractivity (Wildman–Crippen MR) is 129 cm³/mol. The third-order valence-electron chi connectivity index (χ3n) is 7.28. The number of fused-ring (bicyclic) bond motifs is 1. The number of alkyl halides is 2. The molecule has 0 aromatic carbocycles. The topological polar surface area (TPSA) is 83.6 Å². The van der Waals surface area contributed by atoms with Gasteiger partial charge in [0.1, 0.15) is 11.4 Å². The van der Waals surface area contributed by atoms with E-state index in [-0.39, 0.29) is 17.3 Å². The highest BCUT2D eigenvalue weighted by molar-refractivity contribution is 6.08. The van der Waals surface area contributed by atoms with Crippen molar-refractivity contribution in [3.05, 3.63) is 35.9 Å². The van der Waals surface area contributed by atoms with E-state index in [1.54, 1.807) is 10.9 Å². The molecule has 1 saturated carbocycles. The molecule has 1 aliphatic heterocycles. The van der Waals surface area contributed by atoms with Crippen molar-refractivity contribution in [2.45, 2.75) is 63.5 Å². The first-order valence-corrected chi connectivity index (χ1v) is 12.3. The number of halogens is 2. The third kappa shape index (κ3) is 4.86. The lowest BCUT2D eigenvalue weighted by Gasteiger charge is -2.35. The van der Waals surface area contributed by atoms with Gasteiger partial charge in [-0.2, -0.15) is 10.2 Å². The first-order valence-electron chi connectivity index (χ1n) is 12.3. The molecule has 0 atom stereocenters. The van der Waals surface area contributed by atoms with Gasteiger partial charge in [-0.3, -0.25) is 9.48 Å². The molecule has 3 aromatic heterocycles. The monoisotopic (exact) mass is 486 g/mol. The molecule has 2 fully saturated rings. The molecule has 35 heavy (non-hydrogen) atoms. The molecule has 11 heteroatoms. The number of hydrogen-bond acceptors (Lipinski definition) is 6. The van der Waals surface area contributed by atoms with Gasteiger partial charge in [-0.15, -0.1) is 0 Å². The second kappa shape index (κ2) is 9.88. The number of carbonyl (C=O) groups is 1. The Balaban J connectivity index is 1.36. The molecule has 1 saturated heterocycles. The summed E-state index contributed by atoms with van der Waals surface area (Å²) in [6.07, 6.45) is 9.10. The summed E-state index contributed by atoms with van der Waals surface area (Å²) in [5.74, 6) is 0.253. The van der Waals surface area contributed by atoms with Gasteiger partial charge in [-0.05, 0) is 45.8 Å². The van der Waals surface area contributed by atoms with Gasteiger partial charge in [0.05, 0.1) is 17.9 Å². The number of amides is 1. The Hall–Kier alpha value is -3.08. The molecule has 0 unspecified atom stereocenters. The van der Waals surface area contributed by atoms with Crippen molar-refractivity contribution in [1.82, 2.24) is 29.3 Å². The molecule has 1 amide bonds. The minimum Gasteiger partial charge on any atom is -0.356 e. The molecular weight excluding hydrogens is 454 g/mol. The van der Waals surface area contributed by atoms with Crippen molar-refractivity contribution in [2.24, 2.45) is 0 Å². The van der Waals surface area contributed by atoms with Crippen molar-refractivity contribution in [1.29, 1.82) is 0 Å². The quantitative estimate of drug-likeness (QED) is 0.564. The molecule has 1 aliphatic carbocycles. The van der Waals surface area contributed by atoms with Gasteiger partial charge in [0.25, 0.3) is 12.3 Å². The number of rotatable bonds is 6. The second-order valence-electron chi connectivity index (χ2n) is 9.75. The molecule has 0 radical (unpaired) electrons. The van der Waals surface area contributed by atoms with E-state index < -0.39 is 18.0 Å². The minimum atomic E-state index is -2.78. The van der Waals surface area contributed by atoms with Crippen LogP contribution >= 0.6 is 0 Å². The predicted octanol–water partition coefficient (Wildman–Crippen LogP) is 4.15. The van der Waals surface area contributed by atoms with Crippen LogP contribution in [0.25, 0.3) is 5.65 Å². The van der Waals surface area contributed by atoms with Crippen LogP contribution in [0, 0.1) is 0 Å². The van der Waals surface area contributed by atoms with Gasteiger partial charge in [0.2, 0.25) is 0 Å². The highest BCUT2D eigenvalue weighted by Gasteiger charge is 2.26. The fraction of sp³-hybridized carbons (Fsp3) is 0.583. The Morgan fingerprint density at radius 1 is 1.14 bits per heavy atom. The van der Waals surface area contributed by atoms with E-state index in [2.05, 4.69) is 39.4 Å². The standard InChI is InChI=1S/C24H32F2N8O/c1-31(2)16-8-11-32(12-9-16)20-10-13-33-23(29-20)18(14-27-33)24(35)28-19-15-34(30-21(19)22(25)26)17-6-4-3-5-7-17/h10,13-17,22H,3-9,11-12H2,1-2H3,(H,28,35). The minimum absolute atomic E-state index is 0.0387. The van der Waals surface area contributed by atoms with Gasteiger partial charge in [-0.25, -0.2) is 18.3 Å². The zero-order valence-corrected chi connectivity index (χ0v) is 20.2. The molecule has 188 valence electrons. The molecule has 3 aromatic rings. The smallest absolute Gasteiger partial charge is 0.284 e. The van der Waals surface area contributed by atoms with Gasteiger partial charge < -0.3 is 15.1 Å². The van der Waals surface area contributed by atoms with E-state index in [4.69, 9.17) is 4.98 Å². The van der Waals surface area contributed by atoms with Crippen molar-refractivity contribution in [3.63, 3.8) is 0 Å². The number of aromatic nitrogens is 5. The lowest BCUT2D eigenvalue weighted by Crippen LogP contribution is -2.42. The SMILES string of the molecule is CN(C)C1CCN(c2ccn3ncc(C(=O)Nc4cn(C5CCCCC5)nc4C(F)F)c3n2)CC1. The number of nitrogens with zero attached hydrogens (tertiary/aromatic N) is 7. The number of carbonyl (C=O) groups excluding carboxylic acids is 1. The van der Waals surface area contributed by atoms with E-state index in [1.807, 2.05) is 6.07 Å².